The molecule has 0 saturated carbocycles. The molecule has 0 aliphatic carbocycles. The molecule has 3 rings (SSSR count). The third-order valence-electron chi connectivity index (χ3n) is 6.30. The number of hydrogen-bond donors (Lipinski definition) is 1. The van der Waals surface area contributed by atoms with Crippen molar-refractivity contribution >= 4 is 17.7 Å². The Labute approximate surface area is 256 Å². The summed E-state index contributed by atoms with van der Waals surface area (Å²) >= 11 is 0. The molecule has 1 aliphatic heterocycles. The molecule has 1 N–H and O–H groups in total. The van der Waals surface area contributed by atoms with Crippen LogP contribution in [0.15, 0.2) is 77.7 Å². The van der Waals surface area contributed by atoms with Gasteiger partial charge >= 0.3 is 0 Å². The summed E-state index contributed by atoms with van der Waals surface area (Å²) in [6.07, 6.45) is 1.60. The molecule has 2 atom stereocenters. The topological polar surface area (TPSA) is 69.5 Å². The molecule has 1 heterocycles. The molecular weight excluding hydrogens is 522 g/mol. The van der Waals surface area contributed by atoms with Crippen molar-refractivity contribution in [1.82, 2.24) is 15.3 Å². The first-order valence-electron chi connectivity index (χ1n) is 15.3. The van der Waals surface area contributed by atoms with E-state index in [1.54, 1.807) is 5.01 Å². The molecular formula is C35H57N5O2. The molecule has 0 fully saturated rings. The van der Waals surface area contributed by atoms with Gasteiger partial charge in [0.25, 0.3) is 0 Å². The van der Waals surface area contributed by atoms with Crippen LogP contribution in [0.3, 0.4) is 0 Å². The molecule has 7 nitrogen and oxygen atoms in total. The number of amidine groups is 1. The van der Waals surface area contributed by atoms with E-state index >= 15 is 0 Å². The smallest absolute Gasteiger partial charge is 0.235 e. The highest BCUT2D eigenvalue weighted by Gasteiger charge is 2.28. The zero-order valence-corrected chi connectivity index (χ0v) is 28.2. The van der Waals surface area contributed by atoms with Crippen molar-refractivity contribution in [2.75, 3.05) is 13.6 Å². The van der Waals surface area contributed by atoms with E-state index in [0.29, 0.717) is 18.4 Å². The number of carbonyl (C=O) groups excluding carboxylic acids is 1. The van der Waals surface area contributed by atoms with Crippen molar-refractivity contribution in [2.45, 2.75) is 106 Å². The minimum absolute atomic E-state index is 0.0788. The van der Waals surface area contributed by atoms with E-state index in [1.165, 1.54) is 18.1 Å². The van der Waals surface area contributed by atoms with Gasteiger partial charge in [0, 0.05) is 26.1 Å². The van der Waals surface area contributed by atoms with E-state index in [-0.39, 0.29) is 23.6 Å². The zero-order chi connectivity index (χ0) is 32.3. The predicted molar refractivity (Wildman–Crippen MR) is 181 cm³/mol. The van der Waals surface area contributed by atoms with Crippen molar-refractivity contribution < 1.29 is 9.53 Å². The van der Waals surface area contributed by atoms with Crippen LogP contribution >= 0.6 is 0 Å². The maximum atomic E-state index is 11.9. The van der Waals surface area contributed by atoms with E-state index in [2.05, 4.69) is 87.6 Å². The van der Waals surface area contributed by atoms with E-state index < -0.39 is 0 Å². The number of rotatable bonds is 9. The summed E-state index contributed by atoms with van der Waals surface area (Å²) in [6, 6.07) is 18.7. The summed E-state index contributed by atoms with van der Waals surface area (Å²) in [5.74, 6) is 1.17. The number of aliphatic imine (C=N–C) groups is 2. The molecule has 2 aromatic rings. The Bertz CT molecular complexity index is 1070. The van der Waals surface area contributed by atoms with E-state index in [9.17, 15) is 4.79 Å². The van der Waals surface area contributed by atoms with Gasteiger partial charge in [-0.15, -0.1) is 13.2 Å². The minimum Gasteiger partial charge on any atom is -0.373 e. The SMILES string of the molecule is C=C.CC.CC.CCC(CCN(C)C1=NC(c2ccc(C(C)(C)C)cc2)=NC(C)N1NC(C)=O)OCc1ccccc1. The molecule has 0 bridgehead atoms. The van der Waals surface area contributed by atoms with Gasteiger partial charge in [-0.2, -0.15) is 4.99 Å². The first-order valence-corrected chi connectivity index (χ1v) is 15.3. The number of hydrogen-bond acceptors (Lipinski definition) is 6. The number of guanidine groups is 1. The Morgan fingerprint density at radius 2 is 1.62 bits per heavy atom. The number of ether oxygens (including phenoxy) is 1. The van der Waals surface area contributed by atoms with Crippen molar-refractivity contribution in [3.05, 3.63) is 84.4 Å². The summed E-state index contributed by atoms with van der Waals surface area (Å²) in [7, 11) is 2.00. The van der Waals surface area contributed by atoms with Crippen LogP contribution in [0.1, 0.15) is 98.8 Å². The number of amides is 1. The van der Waals surface area contributed by atoms with Crippen LogP contribution in [0, 0.1) is 0 Å². The highest BCUT2D eigenvalue weighted by molar-refractivity contribution is 6.07. The number of nitrogens with one attached hydrogen (secondary N) is 1. The summed E-state index contributed by atoms with van der Waals surface area (Å²) in [4.78, 5) is 23.7. The molecule has 2 aromatic carbocycles. The molecule has 234 valence electrons. The average molecular weight is 580 g/mol. The second-order valence-electron chi connectivity index (χ2n) is 10.4. The van der Waals surface area contributed by atoms with Gasteiger partial charge in [-0.05, 0) is 36.3 Å². The largest absolute Gasteiger partial charge is 0.373 e. The lowest BCUT2D eigenvalue weighted by Gasteiger charge is -2.37. The molecule has 2 unspecified atom stereocenters. The van der Waals surface area contributed by atoms with Gasteiger partial charge in [-0.3, -0.25) is 10.2 Å². The molecule has 0 radical (unpaired) electrons. The maximum absolute atomic E-state index is 11.9. The van der Waals surface area contributed by atoms with E-state index in [4.69, 9.17) is 14.7 Å². The van der Waals surface area contributed by atoms with Gasteiger partial charge in [0.1, 0.15) is 6.17 Å². The standard InChI is InChI=1S/C29H41N5O2.2C2H6.C2H4/c1-8-26(36-20-23-12-10-9-11-13-23)18-19-33(7)28-31-27(30-21(2)34(28)32-22(3)35)24-14-16-25(17-15-24)29(4,5)6;3*1-2/h9-17,21,26H,8,18-20H2,1-7H3,(H,32,35);2*1-2H3;1-2H2. The minimum atomic E-state index is -0.294. The van der Waals surface area contributed by atoms with Gasteiger partial charge in [0.15, 0.2) is 5.84 Å². The third kappa shape index (κ3) is 12.6. The van der Waals surface area contributed by atoms with Crippen LogP contribution in [0.2, 0.25) is 0 Å². The molecule has 0 saturated heterocycles. The third-order valence-corrected chi connectivity index (χ3v) is 6.30. The Balaban J connectivity index is 0.00000263. The van der Waals surface area contributed by atoms with Gasteiger partial charge in [0.2, 0.25) is 11.9 Å². The van der Waals surface area contributed by atoms with Crippen molar-refractivity contribution in [3.63, 3.8) is 0 Å². The van der Waals surface area contributed by atoms with Crippen LogP contribution in [-0.2, 0) is 21.6 Å². The maximum Gasteiger partial charge on any atom is 0.235 e. The lowest BCUT2D eigenvalue weighted by Crippen LogP contribution is -2.57. The highest BCUT2D eigenvalue weighted by atomic mass is 16.5. The fourth-order valence-electron chi connectivity index (χ4n) is 4.05. The fraction of sp³-hybridized carbons (Fsp3) is 0.514. The molecule has 42 heavy (non-hydrogen) atoms. The summed E-state index contributed by atoms with van der Waals surface area (Å²) in [5, 5.41) is 1.74. The molecule has 0 spiro atoms. The molecule has 1 aliphatic rings. The van der Waals surface area contributed by atoms with Crippen molar-refractivity contribution in [3.8, 4) is 0 Å². The number of nitrogens with zero attached hydrogens (tertiary/aromatic N) is 4. The second-order valence-corrected chi connectivity index (χ2v) is 10.4. The quantitative estimate of drug-likeness (QED) is 0.306. The highest BCUT2D eigenvalue weighted by Crippen LogP contribution is 2.23. The second kappa shape index (κ2) is 20.4. The van der Waals surface area contributed by atoms with Crippen LogP contribution in [0.4, 0.5) is 0 Å². The van der Waals surface area contributed by atoms with Gasteiger partial charge < -0.3 is 9.64 Å². The Hall–Kier alpha value is -3.45. The van der Waals surface area contributed by atoms with Crippen LogP contribution in [0.25, 0.3) is 0 Å². The first kappa shape index (κ1) is 38.5. The number of benzene rings is 2. The molecule has 1 amide bonds. The Morgan fingerprint density at radius 1 is 1.05 bits per heavy atom. The monoisotopic (exact) mass is 579 g/mol. The van der Waals surface area contributed by atoms with Crippen LogP contribution in [0.5, 0.6) is 0 Å². The van der Waals surface area contributed by atoms with Crippen LogP contribution in [-0.4, -0.2) is 53.5 Å². The lowest BCUT2D eigenvalue weighted by atomic mass is 9.86. The van der Waals surface area contributed by atoms with Gasteiger partial charge in [-0.1, -0.05) is 110 Å². The fourth-order valence-corrected chi connectivity index (χ4v) is 4.05. The summed E-state index contributed by atoms with van der Waals surface area (Å²) < 4.78 is 6.18. The Morgan fingerprint density at radius 3 is 2.12 bits per heavy atom. The lowest BCUT2D eigenvalue weighted by molar-refractivity contribution is -0.123. The van der Waals surface area contributed by atoms with Gasteiger partial charge in [-0.25, -0.2) is 10.0 Å². The molecule has 7 heteroatoms. The normalized spacial score (nSPS) is 14.7. The number of carbonyl (C=O) groups is 1. The average Bonchev–Trinajstić information content (AvgIpc) is 3.01. The van der Waals surface area contributed by atoms with Crippen molar-refractivity contribution in [2.24, 2.45) is 9.98 Å². The number of hydrazine groups is 1. The Kier molecular flexibility index (Phi) is 18.8. The zero-order valence-electron chi connectivity index (χ0n) is 28.2. The van der Waals surface area contributed by atoms with Crippen molar-refractivity contribution in [1.29, 1.82) is 0 Å². The van der Waals surface area contributed by atoms with Gasteiger partial charge in [0.05, 0.1) is 12.7 Å². The first-order chi connectivity index (χ1) is 20.1. The molecule has 0 aromatic heterocycles. The van der Waals surface area contributed by atoms with Crippen LogP contribution < -0.4 is 5.43 Å². The predicted octanol–water partition coefficient (Wildman–Crippen LogP) is 7.97. The summed E-state index contributed by atoms with van der Waals surface area (Å²) in [5.41, 5.74) is 6.37. The summed E-state index contributed by atoms with van der Waals surface area (Å²) in [6.45, 7) is 27.5. The van der Waals surface area contributed by atoms with E-state index in [1.807, 2.05) is 59.9 Å². The van der Waals surface area contributed by atoms with E-state index in [0.717, 1.165) is 24.9 Å².